The number of benzene rings is 1. The van der Waals surface area contributed by atoms with Crippen LogP contribution in [-0.4, -0.2) is 38.3 Å². The molecule has 1 aromatic rings. The van der Waals surface area contributed by atoms with Crippen molar-refractivity contribution in [3.05, 3.63) is 39.9 Å². The SMILES string of the molecule is COC(=O)/C=C1/CO[C@H](OC)[C@@H](Sc2c(Cl)cccc2Cl)C1. The van der Waals surface area contributed by atoms with Gasteiger partial charge in [0.25, 0.3) is 0 Å². The van der Waals surface area contributed by atoms with Crippen molar-refractivity contribution in [3.8, 4) is 0 Å². The maximum atomic E-state index is 11.4. The molecule has 0 aliphatic carbocycles. The van der Waals surface area contributed by atoms with Gasteiger partial charge in [0.1, 0.15) is 0 Å². The van der Waals surface area contributed by atoms with E-state index in [0.717, 1.165) is 10.5 Å². The smallest absolute Gasteiger partial charge is 0.330 e. The first-order valence-electron chi connectivity index (χ1n) is 6.57. The highest BCUT2D eigenvalue weighted by Gasteiger charge is 2.30. The number of carbonyl (C=O) groups is 1. The van der Waals surface area contributed by atoms with E-state index < -0.39 is 12.3 Å². The van der Waals surface area contributed by atoms with Gasteiger partial charge in [0.05, 0.1) is 29.0 Å². The van der Waals surface area contributed by atoms with Crippen LogP contribution >= 0.6 is 35.0 Å². The van der Waals surface area contributed by atoms with Gasteiger partial charge in [0, 0.05) is 18.1 Å². The first kappa shape index (κ1) is 17.6. The molecular formula is C15H16Cl2O4S. The number of rotatable bonds is 4. The summed E-state index contributed by atoms with van der Waals surface area (Å²) in [5.74, 6) is -0.394. The monoisotopic (exact) mass is 362 g/mol. The molecule has 1 aromatic carbocycles. The van der Waals surface area contributed by atoms with Crippen LogP contribution in [-0.2, 0) is 19.0 Å². The highest BCUT2D eigenvalue weighted by molar-refractivity contribution is 8.00. The Morgan fingerprint density at radius 2 is 2.05 bits per heavy atom. The van der Waals surface area contributed by atoms with Gasteiger partial charge >= 0.3 is 5.97 Å². The summed E-state index contributed by atoms with van der Waals surface area (Å²) < 4.78 is 15.7. The van der Waals surface area contributed by atoms with Gasteiger partial charge < -0.3 is 14.2 Å². The fraction of sp³-hybridized carbons (Fsp3) is 0.400. The topological polar surface area (TPSA) is 44.8 Å². The summed E-state index contributed by atoms with van der Waals surface area (Å²) in [6.07, 6.45) is 1.68. The van der Waals surface area contributed by atoms with Gasteiger partial charge in [0.15, 0.2) is 6.29 Å². The zero-order chi connectivity index (χ0) is 16.1. The Bertz CT molecular complexity index is 556. The van der Waals surface area contributed by atoms with Crippen molar-refractivity contribution in [1.29, 1.82) is 0 Å². The van der Waals surface area contributed by atoms with Crippen LogP contribution in [0.2, 0.25) is 10.0 Å². The number of hydrogen-bond donors (Lipinski definition) is 0. The van der Waals surface area contributed by atoms with Crippen LogP contribution in [0.5, 0.6) is 0 Å². The van der Waals surface area contributed by atoms with Crippen molar-refractivity contribution in [2.24, 2.45) is 0 Å². The second-order valence-electron chi connectivity index (χ2n) is 4.65. The number of methoxy groups -OCH3 is 2. The molecule has 7 heteroatoms. The second kappa shape index (κ2) is 8.22. The molecule has 1 aliphatic rings. The molecule has 0 bridgehead atoms. The highest BCUT2D eigenvalue weighted by atomic mass is 35.5. The lowest BCUT2D eigenvalue weighted by molar-refractivity contribution is -0.136. The fourth-order valence-electron chi connectivity index (χ4n) is 2.10. The van der Waals surface area contributed by atoms with Crippen LogP contribution in [0.4, 0.5) is 0 Å². The van der Waals surface area contributed by atoms with E-state index in [2.05, 4.69) is 4.74 Å². The summed E-state index contributed by atoms with van der Waals surface area (Å²) >= 11 is 13.9. The standard InChI is InChI=1S/C15H16Cl2O4S/c1-19-13(18)7-9-6-12(15(20-2)21-8-9)22-14-10(16)4-3-5-11(14)17/h3-5,7,12,15H,6,8H2,1-2H3/b9-7+/t12-,15-/m0/s1. The van der Waals surface area contributed by atoms with Gasteiger partial charge in [-0.2, -0.15) is 0 Å². The fourth-order valence-corrected chi connectivity index (χ4v) is 4.03. The van der Waals surface area contributed by atoms with E-state index in [-0.39, 0.29) is 5.25 Å². The summed E-state index contributed by atoms with van der Waals surface area (Å²) in [6.45, 7) is 0.334. The summed E-state index contributed by atoms with van der Waals surface area (Å²) in [5, 5.41) is 1.10. The number of carbonyl (C=O) groups excluding carboxylic acids is 1. The van der Waals surface area contributed by atoms with Gasteiger partial charge in [-0.3, -0.25) is 0 Å². The quantitative estimate of drug-likeness (QED) is 0.599. The van der Waals surface area contributed by atoms with Crippen molar-refractivity contribution in [2.75, 3.05) is 20.8 Å². The molecule has 0 spiro atoms. The van der Waals surface area contributed by atoms with Crippen LogP contribution < -0.4 is 0 Å². The molecule has 0 N–H and O–H groups in total. The number of hydrogen-bond acceptors (Lipinski definition) is 5. The van der Waals surface area contributed by atoms with E-state index in [4.69, 9.17) is 32.7 Å². The Kier molecular flexibility index (Phi) is 6.59. The Hall–Kier alpha value is -0.720. The molecule has 1 aliphatic heterocycles. The minimum atomic E-state index is -0.396. The summed E-state index contributed by atoms with van der Waals surface area (Å²) in [6, 6.07) is 5.36. The van der Waals surface area contributed by atoms with Crippen molar-refractivity contribution in [2.45, 2.75) is 22.9 Å². The lowest BCUT2D eigenvalue weighted by Gasteiger charge is -2.31. The van der Waals surface area contributed by atoms with Crippen LogP contribution in [0.1, 0.15) is 6.42 Å². The minimum Gasteiger partial charge on any atom is -0.466 e. The number of ether oxygens (including phenoxy) is 3. The molecule has 1 fully saturated rings. The molecular weight excluding hydrogens is 347 g/mol. The predicted octanol–water partition coefficient (Wildman–Crippen LogP) is 3.95. The van der Waals surface area contributed by atoms with E-state index in [1.54, 1.807) is 25.3 Å². The maximum absolute atomic E-state index is 11.4. The molecule has 0 amide bonds. The van der Waals surface area contributed by atoms with E-state index in [0.29, 0.717) is 23.1 Å². The number of esters is 1. The van der Waals surface area contributed by atoms with E-state index in [1.807, 2.05) is 0 Å². The van der Waals surface area contributed by atoms with E-state index in [9.17, 15) is 4.79 Å². The Labute approximate surface area is 143 Å². The summed E-state index contributed by atoms with van der Waals surface area (Å²) in [7, 11) is 2.93. The molecule has 0 radical (unpaired) electrons. The molecule has 2 rings (SSSR count). The lowest BCUT2D eigenvalue weighted by atomic mass is 10.1. The minimum absolute atomic E-state index is 0.0629. The van der Waals surface area contributed by atoms with Crippen molar-refractivity contribution in [1.82, 2.24) is 0 Å². The zero-order valence-corrected chi connectivity index (χ0v) is 14.5. The largest absolute Gasteiger partial charge is 0.466 e. The van der Waals surface area contributed by atoms with Crippen molar-refractivity contribution < 1.29 is 19.0 Å². The average molecular weight is 363 g/mol. The van der Waals surface area contributed by atoms with E-state index >= 15 is 0 Å². The molecule has 22 heavy (non-hydrogen) atoms. The Balaban J connectivity index is 2.18. The predicted molar refractivity (Wildman–Crippen MR) is 87.6 cm³/mol. The normalized spacial score (nSPS) is 23.5. The van der Waals surface area contributed by atoms with E-state index in [1.165, 1.54) is 24.9 Å². The van der Waals surface area contributed by atoms with Crippen LogP contribution in [0.25, 0.3) is 0 Å². The molecule has 0 saturated carbocycles. The molecule has 4 nitrogen and oxygen atoms in total. The molecule has 2 atom stereocenters. The zero-order valence-electron chi connectivity index (χ0n) is 12.2. The van der Waals surface area contributed by atoms with Crippen LogP contribution in [0.3, 0.4) is 0 Å². The van der Waals surface area contributed by atoms with Gasteiger partial charge in [-0.15, -0.1) is 11.8 Å². The van der Waals surface area contributed by atoms with Gasteiger partial charge in [-0.1, -0.05) is 29.3 Å². The molecule has 1 saturated heterocycles. The summed E-state index contributed by atoms with van der Waals surface area (Å²) in [4.78, 5) is 12.1. The third-order valence-electron chi connectivity index (χ3n) is 3.14. The first-order valence-corrected chi connectivity index (χ1v) is 8.21. The highest BCUT2D eigenvalue weighted by Crippen LogP contribution is 2.41. The molecule has 120 valence electrons. The van der Waals surface area contributed by atoms with Crippen molar-refractivity contribution >= 4 is 40.9 Å². The number of halogens is 2. The number of thioether (sulfide) groups is 1. The van der Waals surface area contributed by atoms with Crippen molar-refractivity contribution in [3.63, 3.8) is 0 Å². The second-order valence-corrected chi connectivity index (χ2v) is 6.72. The molecule has 0 unspecified atom stereocenters. The Morgan fingerprint density at radius 1 is 1.36 bits per heavy atom. The summed E-state index contributed by atoms with van der Waals surface area (Å²) in [5.41, 5.74) is 0.848. The van der Waals surface area contributed by atoms with Gasteiger partial charge in [-0.05, 0) is 24.1 Å². The lowest BCUT2D eigenvalue weighted by Crippen LogP contribution is -2.34. The molecule has 1 heterocycles. The molecule has 0 aromatic heterocycles. The maximum Gasteiger partial charge on any atom is 0.330 e. The average Bonchev–Trinajstić information content (AvgIpc) is 2.51. The van der Waals surface area contributed by atoms with Crippen LogP contribution in [0, 0.1) is 0 Å². The van der Waals surface area contributed by atoms with Crippen LogP contribution in [0.15, 0.2) is 34.7 Å². The third kappa shape index (κ3) is 4.40. The Morgan fingerprint density at radius 3 is 2.64 bits per heavy atom. The third-order valence-corrected chi connectivity index (χ3v) is 5.36. The van der Waals surface area contributed by atoms with Gasteiger partial charge in [0.2, 0.25) is 0 Å². The first-order chi connectivity index (χ1) is 10.5. The van der Waals surface area contributed by atoms with Gasteiger partial charge in [-0.25, -0.2) is 4.79 Å².